The van der Waals surface area contributed by atoms with E-state index in [1.54, 1.807) is 23.0 Å². The van der Waals surface area contributed by atoms with Crippen LogP contribution >= 0.6 is 0 Å². The highest BCUT2D eigenvalue weighted by Crippen LogP contribution is 2.41. The fourth-order valence-corrected chi connectivity index (χ4v) is 6.77. The Hall–Kier alpha value is -3.71. The maximum atomic E-state index is 13.3. The van der Waals surface area contributed by atoms with Gasteiger partial charge in [-0.2, -0.15) is 0 Å². The third-order valence-electron chi connectivity index (χ3n) is 9.47. The lowest BCUT2D eigenvalue weighted by atomic mass is 9.71. The summed E-state index contributed by atoms with van der Waals surface area (Å²) in [6.45, 7) is 8.47. The minimum atomic E-state index is -0.228. The fraction of sp³-hybridized carbons (Fsp3) is 0.424. The van der Waals surface area contributed by atoms with Crippen LogP contribution in [0.15, 0.2) is 48.8 Å². The monoisotopic (exact) mass is 538 g/mol. The molecule has 2 aromatic rings. The first kappa shape index (κ1) is 26.5. The highest BCUT2D eigenvalue weighted by atomic mass is 16.2. The molecule has 2 fully saturated rings. The first-order valence-corrected chi connectivity index (χ1v) is 14.3. The number of fused-ring (bicyclic) bond motifs is 2. The van der Waals surface area contributed by atoms with Gasteiger partial charge in [0.05, 0.1) is 11.8 Å². The van der Waals surface area contributed by atoms with E-state index < -0.39 is 0 Å². The molecule has 4 heterocycles. The largest absolute Gasteiger partial charge is 0.337 e. The van der Waals surface area contributed by atoms with Crippen molar-refractivity contribution in [2.75, 3.05) is 40.3 Å². The minimum Gasteiger partial charge on any atom is -0.337 e. The minimum absolute atomic E-state index is 0.0583. The van der Waals surface area contributed by atoms with E-state index >= 15 is 0 Å². The maximum absolute atomic E-state index is 13.3. The van der Waals surface area contributed by atoms with Crippen LogP contribution in [0.25, 0.3) is 12.2 Å². The normalized spacial score (nSPS) is 23.9. The summed E-state index contributed by atoms with van der Waals surface area (Å²) < 4.78 is 0. The van der Waals surface area contributed by atoms with Crippen LogP contribution in [0.3, 0.4) is 0 Å². The van der Waals surface area contributed by atoms with E-state index in [4.69, 9.17) is 0 Å². The van der Waals surface area contributed by atoms with Crippen molar-refractivity contribution in [1.82, 2.24) is 19.6 Å². The second kappa shape index (κ2) is 10.0. The molecule has 0 bridgehead atoms. The highest BCUT2D eigenvalue weighted by Gasteiger charge is 2.46. The third kappa shape index (κ3) is 4.66. The first-order chi connectivity index (χ1) is 19.1. The van der Waals surface area contributed by atoms with Gasteiger partial charge in [-0.15, -0.1) is 0 Å². The lowest BCUT2D eigenvalue weighted by Gasteiger charge is -2.54. The summed E-state index contributed by atoms with van der Waals surface area (Å²) in [7, 11) is 3.58. The average Bonchev–Trinajstić information content (AvgIpc) is 3.12. The zero-order chi connectivity index (χ0) is 28.2. The van der Waals surface area contributed by atoms with Crippen molar-refractivity contribution < 1.29 is 14.4 Å². The van der Waals surface area contributed by atoms with Crippen molar-refractivity contribution in [3.8, 4) is 0 Å². The van der Waals surface area contributed by atoms with Gasteiger partial charge in [0.2, 0.25) is 11.8 Å². The van der Waals surface area contributed by atoms with Crippen LogP contribution in [0, 0.1) is 5.41 Å². The molecule has 0 saturated carbocycles. The molecule has 4 aliphatic rings. The smallest absolute Gasteiger partial charge is 0.253 e. The van der Waals surface area contributed by atoms with E-state index in [1.807, 2.05) is 62.3 Å². The van der Waals surface area contributed by atoms with Crippen LogP contribution in [-0.2, 0) is 16.1 Å². The van der Waals surface area contributed by atoms with Gasteiger partial charge in [-0.1, -0.05) is 24.3 Å². The molecule has 3 amide bonds. The van der Waals surface area contributed by atoms with Gasteiger partial charge < -0.3 is 14.7 Å². The number of likely N-dealkylation sites (tertiary alicyclic amines) is 2. The second-order valence-electron chi connectivity index (χ2n) is 12.2. The van der Waals surface area contributed by atoms with Gasteiger partial charge in [0, 0.05) is 57.1 Å². The number of piperidine rings is 1. The molecule has 2 saturated heterocycles. The maximum Gasteiger partial charge on any atom is 0.253 e. The van der Waals surface area contributed by atoms with Gasteiger partial charge in [0.1, 0.15) is 0 Å². The predicted molar refractivity (Wildman–Crippen MR) is 156 cm³/mol. The number of hydrogen-bond acceptors (Lipinski definition) is 4. The molecule has 4 aliphatic heterocycles. The number of likely N-dealkylation sites (N-methyl/N-ethyl adjacent to an activating group) is 2. The van der Waals surface area contributed by atoms with Crippen LogP contribution in [0.4, 0.5) is 0 Å². The Morgan fingerprint density at radius 3 is 1.98 bits per heavy atom. The highest BCUT2D eigenvalue weighted by molar-refractivity contribution is 5.96. The standard InChI is InChI=1S/C33H38N4O3/c1-22-28-7-5-24(17-25(28)9-13-34(3)30(22)38)19-36-15-11-33(12-16-36)20-37(21-33)32(40)27-6-8-29-23(2)31(39)35(4)14-10-26(29)18-27/h5-10,13-14,17-18,22-23H,11-12,15-16,19-21H2,1-4H3/t22-,23-/m1/s1. The van der Waals surface area contributed by atoms with E-state index in [0.29, 0.717) is 5.56 Å². The van der Waals surface area contributed by atoms with E-state index in [-0.39, 0.29) is 35.0 Å². The van der Waals surface area contributed by atoms with E-state index in [9.17, 15) is 14.4 Å². The molecule has 40 heavy (non-hydrogen) atoms. The molecule has 0 aliphatic carbocycles. The summed E-state index contributed by atoms with van der Waals surface area (Å²) >= 11 is 0. The SMILES string of the molecule is C[C@H]1C(=O)N(C)C=Cc2cc(CN3CCC4(CC3)CN(C(=O)c3ccc5c(c3)C=CN(C)C(=O)[C@@H]5C)C4)ccc21. The number of rotatable bonds is 3. The quantitative estimate of drug-likeness (QED) is 0.577. The molecule has 2 atom stereocenters. The summed E-state index contributed by atoms with van der Waals surface area (Å²) in [4.78, 5) is 46.1. The molecule has 208 valence electrons. The molecule has 6 rings (SSSR count). The van der Waals surface area contributed by atoms with Gasteiger partial charge in [-0.05, 0) is 91.9 Å². The fourth-order valence-electron chi connectivity index (χ4n) is 6.77. The zero-order valence-corrected chi connectivity index (χ0v) is 23.9. The van der Waals surface area contributed by atoms with E-state index in [0.717, 1.165) is 67.8 Å². The molecule has 0 radical (unpaired) electrons. The number of benzene rings is 2. The number of carbonyl (C=O) groups excluding carboxylic acids is 3. The van der Waals surface area contributed by atoms with Crippen molar-refractivity contribution in [2.45, 2.75) is 45.1 Å². The lowest BCUT2D eigenvalue weighted by molar-refractivity contribution is -0.129. The molecule has 0 unspecified atom stereocenters. The van der Waals surface area contributed by atoms with Crippen molar-refractivity contribution in [1.29, 1.82) is 0 Å². The number of nitrogens with zero attached hydrogens (tertiary/aromatic N) is 4. The number of hydrogen-bond donors (Lipinski definition) is 0. The van der Waals surface area contributed by atoms with Crippen LogP contribution in [-0.4, -0.2) is 77.6 Å². The predicted octanol–water partition coefficient (Wildman–Crippen LogP) is 4.52. The number of carbonyl (C=O) groups is 3. The molecule has 0 aromatic heterocycles. The Morgan fingerprint density at radius 1 is 0.825 bits per heavy atom. The molecular weight excluding hydrogens is 500 g/mol. The van der Waals surface area contributed by atoms with Gasteiger partial charge >= 0.3 is 0 Å². The molecular formula is C33H38N4O3. The average molecular weight is 539 g/mol. The topological polar surface area (TPSA) is 64.2 Å². The summed E-state index contributed by atoms with van der Waals surface area (Å²) in [6, 6.07) is 12.3. The van der Waals surface area contributed by atoms with E-state index in [1.165, 1.54) is 5.56 Å². The van der Waals surface area contributed by atoms with Crippen LogP contribution in [0.1, 0.15) is 76.7 Å². The van der Waals surface area contributed by atoms with Crippen molar-refractivity contribution in [3.63, 3.8) is 0 Å². The van der Waals surface area contributed by atoms with Crippen molar-refractivity contribution >= 4 is 29.9 Å². The third-order valence-corrected chi connectivity index (χ3v) is 9.47. The molecule has 2 aromatic carbocycles. The molecule has 7 nitrogen and oxygen atoms in total. The van der Waals surface area contributed by atoms with Crippen molar-refractivity contribution in [3.05, 3.63) is 82.2 Å². The van der Waals surface area contributed by atoms with Gasteiger partial charge in [0.25, 0.3) is 5.91 Å². The van der Waals surface area contributed by atoms with Gasteiger partial charge in [-0.3, -0.25) is 19.3 Å². The summed E-state index contributed by atoms with van der Waals surface area (Å²) in [5.41, 5.74) is 6.32. The van der Waals surface area contributed by atoms with E-state index in [2.05, 4.69) is 23.1 Å². The Balaban J connectivity index is 1.05. The second-order valence-corrected chi connectivity index (χ2v) is 12.2. The van der Waals surface area contributed by atoms with Crippen molar-refractivity contribution in [2.24, 2.45) is 5.41 Å². The van der Waals surface area contributed by atoms with Gasteiger partial charge in [-0.25, -0.2) is 0 Å². The van der Waals surface area contributed by atoms with Crippen LogP contribution in [0.2, 0.25) is 0 Å². The summed E-state index contributed by atoms with van der Waals surface area (Å²) in [5.74, 6) is -0.108. The zero-order valence-electron chi connectivity index (χ0n) is 23.9. The molecule has 0 N–H and O–H groups in total. The van der Waals surface area contributed by atoms with Crippen LogP contribution in [0.5, 0.6) is 0 Å². The molecule has 1 spiro atoms. The Morgan fingerprint density at radius 2 is 1.38 bits per heavy atom. The Bertz CT molecular complexity index is 1430. The summed E-state index contributed by atoms with van der Waals surface area (Å²) in [6.07, 6.45) is 9.82. The Kier molecular flexibility index (Phi) is 6.65. The Labute approximate surface area is 236 Å². The molecule has 7 heteroatoms. The first-order valence-electron chi connectivity index (χ1n) is 14.3. The lowest BCUT2D eigenvalue weighted by Crippen LogP contribution is -2.61. The van der Waals surface area contributed by atoms with Gasteiger partial charge in [0.15, 0.2) is 0 Å². The number of amides is 3. The summed E-state index contributed by atoms with van der Waals surface area (Å²) in [5, 5.41) is 0. The van der Waals surface area contributed by atoms with Crippen LogP contribution < -0.4 is 0 Å².